The van der Waals surface area contributed by atoms with Crippen LogP contribution in [0.1, 0.15) is 31.0 Å². The summed E-state index contributed by atoms with van der Waals surface area (Å²) < 4.78 is 1.68. The number of nitrogens with two attached hydrogens (primary N) is 1. The van der Waals surface area contributed by atoms with Gasteiger partial charge < -0.3 is 5.73 Å². The van der Waals surface area contributed by atoms with Crippen LogP contribution in [0.4, 0.5) is 5.82 Å². The Labute approximate surface area is 127 Å². The molecule has 0 aliphatic heterocycles. The quantitative estimate of drug-likeness (QED) is 0.781. The number of nitrogens with zero attached hydrogens (tertiary/aromatic N) is 5. The number of hydrogen-bond donors (Lipinski definition) is 1. The Bertz CT molecular complexity index is 929. The van der Waals surface area contributed by atoms with Gasteiger partial charge in [-0.1, -0.05) is 6.92 Å². The molecule has 0 bridgehead atoms. The van der Waals surface area contributed by atoms with Gasteiger partial charge in [0.25, 0.3) is 0 Å². The number of hydrogen-bond acceptors (Lipinski definition) is 5. The second-order valence-corrected chi connectivity index (χ2v) is 5.97. The van der Waals surface area contributed by atoms with E-state index in [1.165, 1.54) is 6.33 Å². The molecule has 6 heteroatoms. The molecular weight excluding hydrogens is 276 g/mol. The summed E-state index contributed by atoms with van der Waals surface area (Å²) >= 11 is 0. The van der Waals surface area contributed by atoms with E-state index in [4.69, 9.17) is 5.73 Å². The van der Waals surface area contributed by atoms with Crippen molar-refractivity contribution in [2.45, 2.75) is 25.2 Å². The Kier molecular flexibility index (Phi) is 2.48. The monoisotopic (exact) mass is 290 g/mol. The maximum absolute atomic E-state index is 9.44. The van der Waals surface area contributed by atoms with E-state index in [0.29, 0.717) is 11.4 Å². The molecule has 2 N–H and O–H groups in total. The van der Waals surface area contributed by atoms with Crippen molar-refractivity contribution in [2.75, 3.05) is 5.73 Å². The maximum Gasteiger partial charge on any atom is 0.155 e. The molecule has 0 unspecified atom stereocenters. The fraction of sp³-hybridized carbons (Fsp3) is 0.250. The fourth-order valence-electron chi connectivity index (χ4n) is 2.65. The van der Waals surface area contributed by atoms with Crippen LogP contribution in [-0.2, 0) is 5.41 Å². The van der Waals surface area contributed by atoms with Crippen molar-refractivity contribution >= 4 is 11.5 Å². The van der Waals surface area contributed by atoms with Crippen LogP contribution < -0.4 is 5.73 Å². The number of fused-ring (bicyclic) bond motifs is 1. The van der Waals surface area contributed by atoms with Crippen molar-refractivity contribution in [3.63, 3.8) is 0 Å². The van der Waals surface area contributed by atoms with Gasteiger partial charge in [-0.3, -0.25) is 0 Å². The number of nitrogen functional groups attached to an aromatic ring is 1. The van der Waals surface area contributed by atoms with E-state index in [1.54, 1.807) is 4.52 Å². The van der Waals surface area contributed by atoms with E-state index in [2.05, 4.69) is 28.1 Å². The fourth-order valence-corrected chi connectivity index (χ4v) is 2.65. The lowest BCUT2D eigenvalue weighted by atomic mass is 9.96. The lowest BCUT2D eigenvalue weighted by molar-refractivity contribution is 0.752. The molecule has 0 saturated heterocycles. The molecule has 1 aliphatic rings. The second kappa shape index (κ2) is 4.28. The highest BCUT2D eigenvalue weighted by Crippen LogP contribution is 2.48. The number of pyridine rings is 2. The van der Waals surface area contributed by atoms with Crippen molar-refractivity contribution in [3.05, 3.63) is 42.0 Å². The van der Waals surface area contributed by atoms with Crippen LogP contribution in [-0.4, -0.2) is 19.6 Å². The number of aromatic nitrogens is 4. The Morgan fingerprint density at radius 3 is 2.91 bits per heavy atom. The van der Waals surface area contributed by atoms with Gasteiger partial charge in [0.15, 0.2) is 5.65 Å². The highest BCUT2D eigenvalue weighted by Gasteiger charge is 2.41. The molecule has 0 amide bonds. The Hall–Kier alpha value is -2.94. The molecule has 0 atom stereocenters. The van der Waals surface area contributed by atoms with Gasteiger partial charge in [0.1, 0.15) is 23.8 Å². The first-order valence-corrected chi connectivity index (χ1v) is 7.12. The Balaban J connectivity index is 1.95. The summed E-state index contributed by atoms with van der Waals surface area (Å²) in [6.07, 6.45) is 5.54. The first-order chi connectivity index (χ1) is 10.6. The van der Waals surface area contributed by atoms with Crippen molar-refractivity contribution in [1.82, 2.24) is 19.6 Å². The van der Waals surface area contributed by atoms with Gasteiger partial charge in [0, 0.05) is 22.9 Å². The van der Waals surface area contributed by atoms with Crippen LogP contribution in [0.3, 0.4) is 0 Å². The minimum Gasteiger partial charge on any atom is -0.383 e. The van der Waals surface area contributed by atoms with E-state index in [-0.39, 0.29) is 5.41 Å². The standard InChI is InChI=1S/C16H14N6/c1-16(3-4-16)13-7-11(12(8-17)15(18)21-13)10-2-5-22-14(6-10)19-9-20-22/h2,5-7,9H,3-4H2,1H3,(H2,18,21). The Morgan fingerprint density at radius 1 is 1.36 bits per heavy atom. The maximum atomic E-state index is 9.44. The largest absolute Gasteiger partial charge is 0.383 e. The van der Waals surface area contributed by atoms with Gasteiger partial charge in [-0.05, 0) is 36.6 Å². The SMILES string of the molecule is CC1(c2cc(-c3ccn4ncnc4c3)c(C#N)c(N)n2)CC1. The molecule has 22 heavy (non-hydrogen) atoms. The van der Waals surface area contributed by atoms with E-state index in [0.717, 1.165) is 35.3 Å². The van der Waals surface area contributed by atoms with Gasteiger partial charge in [0.05, 0.1) is 0 Å². The van der Waals surface area contributed by atoms with Gasteiger partial charge in [-0.25, -0.2) is 14.5 Å². The first-order valence-electron chi connectivity index (χ1n) is 7.12. The molecule has 4 rings (SSSR count). The van der Waals surface area contributed by atoms with E-state index < -0.39 is 0 Å². The minimum absolute atomic E-state index is 0.0931. The molecule has 0 radical (unpaired) electrons. The summed E-state index contributed by atoms with van der Waals surface area (Å²) in [6.45, 7) is 2.17. The van der Waals surface area contributed by atoms with Gasteiger partial charge in [0.2, 0.25) is 0 Å². The molecule has 6 nitrogen and oxygen atoms in total. The third kappa shape index (κ3) is 1.83. The molecule has 1 saturated carbocycles. The topological polar surface area (TPSA) is 92.9 Å². The van der Waals surface area contributed by atoms with Crippen molar-refractivity contribution in [1.29, 1.82) is 5.26 Å². The number of nitriles is 1. The molecule has 3 heterocycles. The summed E-state index contributed by atoms with van der Waals surface area (Å²) in [5, 5.41) is 13.5. The van der Waals surface area contributed by atoms with E-state index >= 15 is 0 Å². The summed E-state index contributed by atoms with van der Waals surface area (Å²) in [4.78, 5) is 8.63. The molecule has 0 spiro atoms. The summed E-state index contributed by atoms with van der Waals surface area (Å²) in [5.74, 6) is 0.296. The average Bonchev–Trinajstić information content (AvgIpc) is 3.10. The van der Waals surface area contributed by atoms with Gasteiger partial charge in [-0.2, -0.15) is 10.4 Å². The highest BCUT2D eigenvalue weighted by atomic mass is 15.3. The Morgan fingerprint density at radius 2 is 2.18 bits per heavy atom. The molecular formula is C16H14N6. The zero-order chi connectivity index (χ0) is 15.3. The van der Waals surface area contributed by atoms with Gasteiger partial charge in [-0.15, -0.1) is 0 Å². The normalized spacial score (nSPS) is 15.6. The third-order valence-electron chi connectivity index (χ3n) is 4.37. The van der Waals surface area contributed by atoms with Crippen molar-refractivity contribution in [2.24, 2.45) is 0 Å². The molecule has 108 valence electrons. The second-order valence-electron chi connectivity index (χ2n) is 5.97. The third-order valence-corrected chi connectivity index (χ3v) is 4.37. The molecule has 3 aromatic rings. The number of rotatable bonds is 2. The predicted octanol–water partition coefficient (Wildman–Crippen LogP) is 2.30. The lowest BCUT2D eigenvalue weighted by Crippen LogP contribution is -2.08. The molecule has 1 aliphatic carbocycles. The summed E-state index contributed by atoms with van der Waals surface area (Å²) in [6, 6.07) is 7.98. The summed E-state index contributed by atoms with van der Waals surface area (Å²) in [7, 11) is 0. The molecule has 1 fully saturated rings. The van der Waals surface area contributed by atoms with Crippen LogP contribution in [0.25, 0.3) is 16.8 Å². The van der Waals surface area contributed by atoms with E-state index in [9.17, 15) is 5.26 Å². The van der Waals surface area contributed by atoms with Crippen LogP contribution in [0.15, 0.2) is 30.7 Å². The summed E-state index contributed by atoms with van der Waals surface area (Å²) in [5.41, 5.74) is 9.93. The minimum atomic E-state index is 0.0931. The van der Waals surface area contributed by atoms with Crippen LogP contribution in [0.5, 0.6) is 0 Å². The lowest BCUT2D eigenvalue weighted by Gasteiger charge is -2.13. The number of anilines is 1. The van der Waals surface area contributed by atoms with E-state index in [1.807, 2.05) is 24.4 Å². The van der Waals surface area contributed by atoms with Crippen LogP contribution >= 0.6 is 0 Å². The first kappa shape index (κ1) is 12.8. The zero-order valence-corrected chi connectivity index (χ0v) is 12.1. The van der Waals surface area contributed by atoms with Crippen LogP contribution in [0.2, 0.25) is 0 Å². The molecule has 3 aromatic heterocycles. The van der Waals surface area contributed by atoms with Gasteiger partial charge >= 0.3 is 0 Å². The highest BCUT2D eigenvalue weighted by molar-refractivity contribution is 5.77. The zero-order valence-electron chi connectivity index (χ0n) is 12.1. The smallest absolute Gasteiger partial charge is 0.155 e. The predicted molar refractivity (Wildman–Crippen MR) is 81.9 cm³/mol. The van der Waals surface area contributed by atoms with Crippen molar-refractivity contribution in [3.8, 4) is 17.2 Å². The molecule has 0 aromatic carbocycles. The average molecular weight is 290 g/mol. The van der Waals surface area contributed by atoms with Crippen molar-refractivity contribution < 1.29 is 0 Å². The van der Waals surface area contributed by atoms with Crippen LogP contribution in [0, 0.1) is 11.3 Å².